The number of esters is 1. The van der Waals surface area contributed by atoms with Gasteiger partial charge in [0.15, 0.2) is 0 Å². The van der Waals surface area contributed by atoms with E-state index in [1.165, 1.54) is 321 Å². The Hall–Kier alpha value is -1.92. The molecule has 1 amide bonds. The average Bonchev–Trinajstić information content (AvgIpc) is 3.47. The lowest BCUT2D eigenvalue weighted by Crippen LogP contribution is -2.45. The van der Waals surface area contributed by atoms with Gasteiger partial charge in [-0.25, -0.2) is 0 Å². The number of hydrogen-bond acceptors (Lipinski definition) is 5. The summed E-state index contributed by atoms with van der Waals surface area (Å²) in [5.41, 5.74) is 0. The van der Waals surface area contributed by atoms with E-state index in [0.717, 1.165) is 51.4 Å². The molecule has 2 unspecified atom stereocenters. The molecule has 478 valence electrons. The molecule has 0 aliphatic carbocycles. The second-order valence-corrected chi connectivity index (χ2v) is 25.3. The van der Waals surface area contributed by atoms with Crippen molar-refractivity contribution in [2.45, 2.75) is 418 Å². The van der Waals surface area contributed by atoms with Crippen LogP contribution < -0.4 is 5.32 Å². The van der Waals surface area contributed by atoms with Gasteiger partial charge in [0, 0.05) is 12.8 Å². The molecule has 0 aliphatic heterocycles. The van der Waals surface area contributed by atoms with Gasteiger partial charge in [-0.05, 0) is 83.5 Å². The van der Waals surface area contributed by atoms with E-state index in [1.54, 1.807) is 0 Å². The largest absolute Gasteiger partial charge is 0.466 e. The van der Waals surface area contributed by atoms with Crippen LogP contribution in [0.25, 0.3) is 0 Å². The fourth-order valence-corrected chi connectivity index (χ4v) is 11.6. The Morgan fingerprint density at radius 3 is 0.975 bits per heavy atom. The second-order valence-electron chi connectivity index (χ2n) is 25.3. The van der Waals surface area contributed by atoms with Gasteiger partial charge >= 0.3 is 5.97 Å². The predicted molar refractivity (Wildman–Crippen MR) is 356 cm³/mol. The van der Waals surface area contributed by atoms with Crippen LogP contribution in [0.2, 0.25) is 0 Å². The molecular formula is C75H143NO5. The number of carbonyl (C=O) groups is 2. The molecule has 6 heteroatoms. The average molecular weight is 1140 g/mol. The van der Waals surface area contributed by atoms with Crippen molar-refractivity contribution in [1.82, 2.24) is 5.32 Å². The van der Waals surface area contributed by atoms with Crippen LogP contribution >= 0.6 is 0 Å². The quantitative estimate of drug-likeness (QED) is 0.0320. The van der Waals surface area contributed by atoms with Crippen molar-refractivity contribution in [2.75, 3.05) is 13.2 Å². The molecule has 0 spiro atoms. The molecule has 0 saturated heterocycles. The Bertz CT molecular complexity index is 1310. The van der Waals surface area contributed by atoms with Gasteiger partial charge in [-0.3, -0.25) is 9.59 Å². The molecule has 0 heterocycles. The number of rotatable bonds is 69. The van der Waals surface area contributed by atoms with Gasteiger partial charge in [-0.15, -0.1) is 0 Å². The number of aliphatic hydroxyl groups excluding tert-OH is 2. The molecule has 0 aromatic rings. The highest BCUT2D eigenvalue weighted by Crippen LogP contribution is 2.19. The van der Waals surface area contributed by atoms with Crippen LogP contribution in [0, 0.1) is 0 Å². The number of ether oxygens (including phenoxy) is 1. The first kappa shape index (κ1) is 79.1. The first-order valence-electron chi connectivity index (χ1n) is 36.7. The summed E-state index contributed by atoms with van der Waals surface area (Å²) < 4.78 is 5.47. The van der Waals surface area contributed by atoms with Crippen LogP contribution in [0.3, 0.4) is 0 Å². The minimum absolute atomic E-state index is 0.00891. The highest BCUT2D eigenvalue weighted by atomic mass is 16.5. The van der Waals surface area contributed by atoms with Gasteiger partial charge in [0.05, 0.1) is 25.4 Å². The van der Waals surface area contributed by atoms with Gasteiger partial charge < -0.3 is 20.3 Å². The summed E-state index contributed by atoms with van der Waals surface area (Å²) in [7, 11) is 0. The Kier molecular flexibility index (Phi) is 68.9. The maximum atomic E-state index is 12.5. The molecule has 0 radical (unpaired) electrons. The summed E-state index contributed by atoms with van der Waals surface area (Å²) in [6.07, 6.45) is 90.8. The van der Waals surface area contributed by atoms with Crippen LogP contribution in [0.5, 0.6) is 0 Å². The molecule has 0 aliphatic rings. The van der Waals surface area contributed by atoms with E-state index in [2.05, 4.69) is 55.6 Å². The number of aliphatic hydroxyl groups is 2. The summed E-state index contributed by atoms with van der Waals surface area (Å²) in [5.74, 6) is -0.0205. The van der Waals surface area contributed by atoms with E-state index >= 15 is 0 Å². The van der Waals surface area contributed by atoms with E-state index in [4.69, 9.17) is 4.74 Å². The molecule has 2 atom stereocenters. The monoisotopic (exact) mass is 1140 g/mol. The van der Waals surface area contributed by atoms with Gasteiger partial charge in [-0.1, -0.05) is 346 Å². The van der Waals surface area contributed by atoms with Crippen molar-refractivity contribution >= 4 is 11.9 Å². The molecule has 0 aromatic heterocycles. The zero-order valence-corrected chi connectivity index (χ0v) is 54.8. The SMILES string of the molecule is CCCCC/C=C\CCCCCCCC(=O)OCCCCCCCCCCCCCCC/C=C\C/C=C\CCCCCCCCCCCCCCCCCCCC(=O)NC(CO)C(O)CCCCCCCCCCCCCCCCC. The number of allylic oxidation sites excluding steroid dienone is 6. The normalized spacial score (nSPS) is 12.7. The molecule has 3 N–H and O–H groups in total. The topological polar surface area (TPSA) is 95.9 Å². The van der Waals surface area contributed by atoms with Crippen molar-refractivity contribution in [3.05, 3.63) is 36.5 Å². The van der Waals surface area contributed by atoms with Crippen LogP contribution in [-0.4, -0.2) is 47.4 Å². The summed E-state index contributed by atoms with van der Waals surface area (Å²) in [5, 5.41) is 23.3. The Balaban J connectivity index is 3.36. The summed E-state index contributed by atoms with van der Waals surface area (Å²) in [6.45, 7) is 4.96. The number of hydrogen-bond donors (Lipinski definition) is 3. The third-order valence-electron chi connectivity index (χ3n) is 17.2. The number of unbranched alkanes of at least 4 members (excludes halogenated alkanes) is 52. The molecule has 0 saturated carbocycles. The lowest BCUT2D eigenvalue weighted by Gasteiger charge is -2.22. The smallest absolute Gasteiger partial charge is 0.305 e. The van der Waals surface area contributed by atoms with Gasteiger partial charge in [0.1, 0.15) is 0 Å². The summed E-state index contributed by atoms with van der Waals surface area (Å²) in [6, 6.07) is -0.539. The van der Waals surface area contributed by atoms with Gasteiger partial charge in [0.25, 0.3) is 0 Å². The van der Waals surface area contributed by atoms with Crippen LogP contribution in [0.1, 0.15) is 406 Å². The molecule has 0 rings (SSSR count). The first-order chi connectivity index (χ1) is 40.0. The molecule has 0 bridgehead atoms. The lowest BCUT2D eigenvalue weighted by atomic mass is 10.0. The zero-order valence-electron chi connectivity index (χ0n) is 54.8. The number of carbonyl (C=O) groups excluding carboxylic acids is 2. The van der Waals surface area contributed by atoms with Crippen LogP contribution in [0.15, 0.2) is 36.5 Å². The Morgan fingerprint density at radius 1 is 0.346 bits per heavy atom. The minimum atomic E-state index is -0.662. The van der Waals surface area contributed by atoms with Crippen molar-refractivity contribution in [2.24, 2.45) is 0 Å². The zero-order chi connectivity index (χ0) is 58.5. The molecule has 0 fully saturated rings. The molecular weight excluding hydrogens is 995 g/mol. The van der Waals surface area contributed by atoms with E-state index < -0.39 is 12.1 Å². The lowest BCUT2D eigenvalue weighted by molar-refractivity contribution is -0.143. The third-order valence-corrected chi connectivity index (χ3v) is 17.2. The highest BCUT2D eigenvalue weighted by Gasteiger charge is 2.20. The van der Waals surface area contributed by atoms with Crippen LogP contribution in [-0.2, 0) is 14.3 Å². The van der Waals surface area contributed by atoms with Crippen LogP contribution in [0.4, 0.5) is 0 Å². The van der Waals surface area contributed by atoms with Gasteiger partial charge in [-0.2, -0.15) is 0 Å². The van der Waals surface area contributed by atoms with E-state index in [1.807, 2.05) is 0 Å². The first-order valence-corrected chi connectivity index (χ1v) is 36.7. The fourth-order valence-electron chi connectivity index (χ4n) is 11.6. The van der Waals surface area contributed by atoms with Gasteiger partial charge in [0.2, 0.25) is 5.91 Å². The second kappa shape index (κ2) is 70.6. The third kappa shape index (κ3) is 67.1. The standard InChI is InChI=1S/C75H143NO5/c1-3-5-7-9-11-13-15-17-41-44-47-51-55-59-63-67-73(78)72(71-77)76-74(79)68-64-60-56-52-48-45-42-39-37-35-33-31-29-27-25-23-21-19-18-20-22-24-26-28-30-32-34-36-38-40-43-46-50-54-58-62-66-70-81-75(80)69-65-61-57-53-49-16-14-12-10-8-6-4-2/h12,14,18,20,24,26,72-73,77-78H,3-11,13,15-17,19,21-23,25,27-71H2,1-2H3,(H,76,79)/b14-12-,20-18-,26-24-. The predicted octanol–water partition coefficient (Wildman–Crippen LogP) is 23.9. The summed E-state index contributed by atoms with van der Waals surface area (Å²) in [4.78, 5) is 24.5. The fraction of sp³-hybridized carbons (Fsp3) is 0.893. The maximum absolute atomic E-state index is 12.5. The Labute approximate surface area is 506 Å². The minimum Gasteiger partial charge on any atom is -0.466 e. The molecule has 6 nitrogen and oxygen atoms in total. The summed E-state index contributed by atoms with van der Waals surface area (Å²) >= 11 is 0. The maximum Gasteiger partial charge on any atom is 0.305 e. The van der Waals surface area contributed by atoms with E-state index in [9.17, 15) is 19.8 Å². The number of nitrogens with one attached hydrogen (secondary N) is 1. The number of amides is 1. The molecule has 0 aromatic carbocycles. The highest BCUT2D eigenvalue weighted by molar-refractivity contribution is 5.76. The van der Waals surface area contributed by atoms with Crippen molar-refractivity contribution in [3.63, 3.8) is 0 Å². The van der Waals surface area contributed by atoms with Crippen molar-refractivity contribution in [3.8, 4) is 0 Å². The van der Waals surface area contributed by atoms with E-state index in [-0.39, 0.29) is 18.5 Å². The molecule has 81 heavy (non-hydrogen) atoms. The van der Waals surface area contributed by atoms with Crippen molar-refractivity contribution in [1.29, 1.82) is 0 Å². The Morgan fingerprint density at radius 2 is 0.617 bits per heavy atom. The van der Waals surface area contributed by atoms with Crippen molar-refractivity contribution < 1.29 is 24.5 Å². The van der Waals surface area contributed by atoms with E-state index in [0.29, 0.717) is 25.9 Å².